The molecule has 0 aliphatic carbocycles. The summed E-state index contributed by atoms with van der Waals surface area (Å²) in [5.41, 5.74) is 2.52. The Balaban J connectivity index is 1.56. The van der Waals surface area contributed by atoms with Gasteiger partial charge in [0.05, 0.1) is 23.6 Å². The summed E-state index contributed by atoms with van der Waals surface area (Å²) in [5, 5.41) is 21.4. The molecule has 1 amide bonds. The van der Waals surface area contributed by atoms with Crippen LogP contribution in [0, 0.1) is 6.92 Å². The molecule has 7 nitrogen and oxygen atoms in total. The highest BCUT2D eigenvalue weighted by Gasteiger charge is 2.25. The molecule has 1 aliphatic heterocycles. The van der Waals surface area contributed by atoms with Gasteiger partial charge in [-0.2, -0.15) is 11.8 Å². The summed E-state index contributed by atoms with van der Waals surface area (Å²) in [4.78, 5) is 26.2. The number of aryl methyl sites for hydroxylation is 1. The third kappa shape index (κ3) is 5.39. The van der Waals surface area contributed by atoms with Crippen LogP contribution in [0.3, 0.4) is 0 Å². The first kappa shape index (κ1) is 23.3. The first-order chi connectivity index (χ1) is 16.0. The average Bonchev–Trinajstić information content (AvgIpc) is 2.82. The van der Waals surface area contributed by atoms with Crippen molar-refractivity contribution in [1.29, 1.82) is 0 Å². The predicted molar refractivity (Wildman–Crippen MR) is 134 cm³/mol. The molecule has 1 saturated heterocycles. The van der Waals surface area contributed by atoms with E-state index >= 15 is 0 Å². The van der Waals surface area contributed by atoms with E-state index in [2.05, 4.69) is 4.90 Å². The Hall–Kier alpha value is -2.84. The van der Waals surface area contributed by atoms with Crippen LogP contribution in [0.5, 0.6) is 5.75 Å². The predicted octanol–water partition coefficient (Wildman–Crippen LogP) is 3.46. The summed E-state index contributed by atoms with van der Waals surface area (Å²) in [7, 11) is 0. The van der Waals surface area contributed by atoms with Crippen molar-refractivity contribution in [2.45, 2.75) is 25.9 Å². The minimum absolute atomic E-state index is 0.00122. The first-order valence-electron chi connectivity index (χ1n) is 11.2. The zero-order valence-electron chi connectivity index (χ0n) is 19.1. The highest BCUT2D eigenvalue weighted by atomic mass is 32.2. The largest absolute Gasteiger partial charge is 0.507 e. The average molecular weight is 467 g/mol. The maximum absolute atomic E-state index is 12.6. The summed E-state index contributed by atoms with van der Waals surface area (Å²) >= 11 is 1.67. The Kier molecular flexibility index (Phi) is 7.35. The molecule has 1 fully saturated rings. The van der Waals surface area contributed by atoms with Crippen LogP contribution in [0.25, 0.3) is 22.3 Å². The standard InChI is InChI=1S/C25H30N4O3S/c1-17-7-8-19-21(15-17)26-24(20-5-3-4-6-22(20)31)27-25(19)29-12-10-28(11-13-29)23(32)16-18(30)9-14-33-2/h3-8,15,18,30-31H,9-14,16H2,1-2H3. The molecular formula is C25H30N4O3S. The number of hydrogen-bond donors (Lipinski definition) is 2. The topological polar surface area (TPSA) is 89.8 Å². The van der Waals surface area contributed by atoms with Crippen molar-refractivity contribution in [3.05, 3.63) is 48.0 Å². The van der Waals surface area contributed by atoms with E-state index in [1.807, 2.05) is 48.4 Å². The summed E-state index contributed by atoms with van der Waals surface area (Å²) in [6.45, 7) is 4.48. The number of anilines is 1. The number of amides is 1. The fourth-order valence-corrected chi connectivity index (χ4v) is 4.61. The number of phenols is 1. The molecule has 174 valence electrons. The van der Waals surface area contributed by atoms with Crippen molar-refractivity contribution in [1.82, 2.24) is 14.9 Å². The lowest BCUT2D eigenvalue weighted by Crippen LogP contribution is -2.49. The molecule has 0 saturated carbocycles. The SMILES string of the molecule is CSCCC(O)CC(=O)N1CCN(c2nc(-c3ccccc3O)nc3cc(C)ccc23)CC1. The van der Waals surface area contributed by atoms with Gasteiger partial charge in [-0.3, -0.25) is 4.79 Å². The molecule has 1 atom stereocenters. The number of aliphatic hydroxyl groups is 1. The van der Waals surface area contributed by atoms with E-state index in [0.29, 0.717) is 44.0 Å². The number of nitrogens with zero attached hydrogens (tertiary/aromatic N) is 4. The van der Waals surface area contributed by atoms with Gasteiger partial charge in [-0.05, 0) is 55.2 Å². The molecule has 2 heterocycles. The second-order valence-electron chi connectivity index (χ2n) is 8.42. The van der Waals surface area contributed by atoms with Crippen molar-refractivity contribution < 1.29 is 15.0 Å². The third-order valence-electron chi connectivity index (χ3n) is 5.97. The van der Waals surface area contributed by atoms with Crippen molar-refractivity contribution >= 4 is 34.4 Å². The smallest absolute Gasteiger partial charge is 0.225 e. The monoisotopic (exact) mass is 466 g/mol. The quantitative estimate of drug-likeness (QED) is 0.551. The number of para-hydroxylation sites is 1. The number of phenolic OH excluding ortho intramolecular Hbond substituents is 1. The van der Waals surface area contributed by atoms with Crippen LogP contribution >= 0.6 is 11.8 Å². The van der Waals surface area contributed by atoms with Gasteiger partial charge in [0.1, 0.15) is 11.6 Å². The number of fused-ring (bicyclic) bond motifs is 1. The highest BCUT2D eigenvalue weighted by molar-refractivity contribution is 7.98. The molecule has 4 rings (SSSR count). The Morgan fingerprint density at radius 3 is 2.61 bits per heavy atom. The second-order valence-corrected chi connectivity index (χ2v) is 9.40. The fraction of sp³-hybridized carbons (Fsp3) is 0.400. The van der Waals surface area contributed by atoms with E-state index in [1.165, 1.54) is 0 Å². The Morgan fingerprint density at radius 1 is 1.12 bits per heavy atom. The Labute approximate surface area is 198 Å². The van der Waals surface area contributed by atoms with E-state index in [0.717, 1.165) is 28.0 Å². The number of hydrogen-bond acceptors (Lipinski definition) is 7. The Morgan fingerprint density at radius 2 is 1.88 bits per heavy atom. The number of thioether (sulfide) groups is 1. The van der Waals surface area contributed by atoms with E-state index < -0.39 is 6.10 Å². The van der Waals surface area contributed by atoms with Gasteiger partial charge in [0.2, 0.25) is 5.91 Å². The molecule has 1 unspecified atom stereocenters. The number of aromatic nitrogens is 2. The maximum Gasteiger partial charge on any atom is 0.225 e. The minimum atomic E-state index is -0.585. The number of carbonyl (C=O) groups excluding carboxylic acids is 1. The molecule has 0 bridgehead atoms. The number of aromatic hydroxyl groups is 1. The minimum Gasteiger partial charge on any atom is -0.507 e. The van der Waals surface area contributed by atoms with Crippen LogP contribution in [0.1, 0.15) is 18.4 Å². The van der Waals surface area contributed by atoms with Crippen LogP contribution in [0.2, 0.25) is 0 Å². The number of aliphatic hydroxyl groups excluding tert-OH is 1. The molecule has 33 heavy (non-hydrogen) atoms. The highest BCUT2D eigenvalue weighted by Crippen LogP contribution is 2.32. The van der Waals surface area contributed by atoms with E-state index in [1.54, 1.807) is 23.9 Å². The van der Waals surface area contributed by atoms with E-state index in [9.17, 15) is 15.0 Å². The van der Waals surface area contributed by atoms with Gasteiger partial charge in [0, 0.05) is 31.6 Å². The summed E-state index contributed by atoms with van der Waals surface area (Å²) in [5.74, 6) is 2.29. The van der Waals surface area contributed by atoms with Gasteiger partial charge < -0.3 is 20.0 Å². The molecule has 8 heteroatoms. The van der Waals surface area contributed by atoms with Crippen LogP contribution in [-0.4, -0.2) is 75.3 Å². The van der Waals surface area contributed by atoms with Crippen LogP contribution < -0.4 is 4.90 Å². The van der Waals surface area contributed by atoms with Gasteiger partial charge in [0.15, 0.2) is 5.82 Å². The zero-order valence-corrected chi connectivity index (χ0v) is 19.9. The third-order valence-corrected chi connectivity index (χ3v) is 6.62. The fourth-order valence-electron chi connectivity index (χ4n) is 4.10. The molecule has 2 aromatic carbocycles. The molecular weight excluding hydrogens is 436 g/mol. The molecule has 1 aliphatic rings. The zero-order chi connectivity index (χ0) is 23.4. The molecule has 0 spiro atoms. The van der Waals surface area contributed by atoms with Crippen molar-refractivity contribution in [3.63, 3.8) is 0 Å². The lowest BCUT2D eigenvalue weighted by molar-refractivity contribution is -0.133. The van der Waals surface area contributed by atoms with Gasteiger partial charge in [0.25, 0.3) is 0 Å². The molecule has 0 radical (unpaired) electrons. The Bertz CT molecular complexity index is 1130. The first-order valence-corrected chi connectivity index (χ1v) is 12.6. The summed E-state index contributed by atoms with van der Waals surface area (Å²) in [6.07, 6.45) is 2.22. The number of piperazine rings is 1. The van der Waals surface area contributed by atoms with Crippen LogP contribution in [0.4, 0.5) is 5.82 Å². The summed E-state index contributed by atoms with van der Waals surface area (Å²) < 4.78 is 0. The van der Waals surface area contributed by atoms with Crippen molar-refractivity contribution in [2.75, 3.05) is 43.1 Å². The van der Waals surface area contributed by atoms with Crippen LogP contribution in [0.15, 0.2) is 42.5 Å². The van der Waals surface area contributed by atoms with Gasteiger partial charge in [-0.25, -0.2) is 9.97 Å². The number of benzene rings is 2. The van der Waals surface area contributed by atoms with E-state index in [4.69, 9.17) is 9.97 Å². The number of carbonyl (C=O) groups is 1. The molecule has 2 N–H and O–H groups in total. The second kappa shape index (κ2) is 10.4. The van der Waals surface area contributed by atoms with E-state index in [-0.39, 0.29) is 18.1 Å². The molecule has 3 aromatic rings. The van der Waals surface area contributed by atoms with Crippen LogP contribution in [-0.2, 0) is 4.79 Å². The van der Waals surface area contributed by atoms with Crippen molar-refractivity contribution in [2.24, 2.45) is 0 Å². The number of rotatable bonds is 7. The van der Waals surface area contributed by atoms with Gasteiger partial charge >= 0.3 is 0 Å². The normalized spacial score (nSPS) is 15.1. The van der Waals surface area contributed by atoms with Gasteiger partial charge in [-0.15, -0.1) is 0 Å². The van der Waals surface area contributed by atoms with Crippen molar-refractivity contribution in [3.8, 4) is 17.1 Å². The summed E-state index contributed by atoms with van der Waals surface area (Å²) in [6, 6.07) is 13.2. The lowest BCUT2D eigenvalue weighted by atomic mass is 10.1. The maximum atomic E-state index is 12.6. The van der Waals surface area contributed by atoms with Gasteiger partial charge in [-0.1, -0.05) is 18.2 Å². The lowest BCUT2D eigenvalue weighted by Gasteiger charge is -2.36. The molecule has 1 aromatic heterocycles.